The summed E-state index contributed by atoms with van der Waals surface area (Å²) in [4.78, 5) is 26.2. The zero-order chi connectivity index (χ0) is 18.2. The second kappa shape index (κ2) is 9.41. The Morgan fingerprint density at radius 3 is 2.32 bits per heavy atom. The maximum Gasteiger partial charge on any atom is 0.253 e. The van der Waals surface area contributed by atoms with Gasteiger partial charge in [0.25, 0.3) is 5.91 Å². The highest BCUT2D eigenvalue weighted by Crippen LogP contribution is 2.14. The van der Waals surface area contributed by atoms with Crippen LogP contribution in [-0.4, -0.2) is 36.3 Å². The Hall–Kier alpha value is -2.09. The van der Waals surface area contributed by atoms with E-state index >= 15 is 0 Å². The molecule has 0 spiro atoms. The van der Waals surface area contributed by atoms with Crippen molar-refractivity contribution in [3.63, 3.8) is 0 Å². The highest BCUT2D eigenvalue weighted by atomic mass is 127. The molecule has 0 aliphatic heterocycles. The predicted molar refractivity (Wildman–Crippen MR) is 110 cm³/mol. The van der Waals surface area contributed by atoms with E-state index in [0.29, 0.717) is 18.7 Å². The first-order valence-electron chi connectivity index (χ1n) is 8.22. The van der Waals surface area contributed by atoms with Crippen molar-refractivity contribution in [2.24, 2.45) is 0 Å². The molecule has 25 heavy (non-hydrogen) atoms. The molecule has 0 aromatic heterocycles. The van der Waals surface area contributed by atoms with Gasteiger partial charge in [0.15, 0.2) is 0 Å². The fourth-order valence-corrected chi connectivity index (χ4v) is 2.74. The lowest BCUT2D eigenvalue weighted by Crippen LogP contribution is -2.30. The van der Waals surface area contributed by atoms with Crippen molar-refractivity contribution in [3.05, 3.63) is 57.7 Å². The molecule has 0 saturated heterocycles. The summed E-state index contributed by atoms with van der Waals surface area (Å²) in [5.74, 6) is -0.140. The van der Waals surface area contributed by atoms with Crippen molar-refractivity contribution in [3.8, 4) is 0 Å². The maximum atomic E-state index is 12.4. The van der Waals surface area contributed by atoms with Gasteiger partial charge in [-0.2, -0.15) is 0 Å². The third-order valence-corrected chi connectivity index (χ3v) is 4.46. The molecule has 0 heterocycles. The third kappa shape index (κ3) is 5.74. The largest absolute Gasteiger partial charge is 0.376 e. The van der Waals surface area contributed by atoms with Gasteiger partial charge in [-0.1, -0.05) is 6.07 Å². The van der Waals surface area contributed by atoms with Gasteiger partial charge in [-0.3, -0.25) is 9.59 Å². The van der Waals surface area contributed by atoms with E-state index in [4.69, 9.17) is 0 Å². The Balaban J connectivity index is 1.94. The third-order valence-electron chi connectivity index (χ3n) is 3.74. The van der Waals surface area contributed by atoms with Crippen LogP contribution < -0.4 is 10.6 Å². The van der Waals surface area contributed by atoms with E-state index in [1.165, 1.54) is 0 Å². The number of hydrogen-bond acceptors (Lipinski definition) is 3. The molecular formula is C19H22IN3O2. The van der Waals surface area contributed by atoms with E-state index in [0.717, 1.165) is 14.9 Å². The van der Waals surface area contributed by atoms with Crippen molar-refractivity contribution >= 4 is 45.8 Å². The number of nitrogens with one attached hydrogen (secondary N) is 2. The Morgan fingerprint density at radius 1 is 1.00 bits per heavy atom. The molecule has 2 N–H and O–H groups in total. The molecule has 2 aromatic carbocycles. The average Bonchev–Trinajstić information content (AvgIpc) is 2.63. The molecule has 0 bridgehead atoms. The summed E-state index contributed by atoms with van der Waals surface area (Å²) in [6.07, 6.45) is 0. The second-order valence-electron chi connectivity index (χ2n) is 5.47. The minimum absolute atomic E-state index is 0.00279. The number of amides is 2. The molecule has 0 radical (unpaired) electrons. The predicted octanol–water partition coefficient (Wildman–Crippen LogP) is 3.82. The van der Waals surface area contributed by atoms with Crippen molar-refractivity contribution in [2.75, 3.05) is 30.3 Å². The summed E-state index contributed by atoms with van der Waals surface area (Å²) in [5, 5.41) is 5.90. The molecule has 0 saturated carbocycles. The van der Waals surface area contributed by atoms with Crippen molar-refractivity contribution in [1.29, 1.82) is 0 Å². The highest BCUT2D eigenvalue weighted by Gasteiger charge is 2.12. The molecule has 0 aliphatic rings. The van der Waals surface area contributed by atoms with Gasteiger partial charge in [-0.15, -0.1) is 0 Å². The number of hydrogen-bond donors (Lipinski definition) is 2. The molecule has 132 valence electrons. The molecule has 2 amide bonds. The number of benzene rings is 2. The molecule has 5 nitrogen and oxygen atoms in total. The maximum absolute atomic E-state index is 12.4. The van der Waals surface area contributed by atoms with E-state index < -0.39 is 0 Å². The van der Waals surface area contributed by atoms with Gasteiger partial charge < -0.3 is 15.5 Å². The Kier molecular flexibility index (Phi) is 7.24. The Morgan fingerprint density at radius 2 is 1.68 bits per heavy atom. The fourth-order valence-electron chi connectivity index (χ4n) is 2.38. The normalized spacial score (nSPS) is 10.2. The number of carbonyl (C=O) groups is 2. The first-order chi connectivity index (χ1) is 12.0. The van der Waals surface area contributed by atoms with Crippen LogP contribution >= 0.6 is 22.6 Å². The van der Waals surface area contributed by atoms with Crippen LogP contribution in [0.2, 0.25) is 0 Å². The second-order valence-corrected chi connectivity index (χ2v) is 6.71. The zero-order valence-corrected chi connectivity index (χ0v) is 16.5. The van der Waals surface area contributed by atoms with E-state index in [1.54, 1.807) is 17.0 Å². The molecule has 0 atom stereocenters. The quantitative estimate of drug-likeness (QED) is 0.630. The fraction of sp³-hybridized carbons (Fsp3) is 0.263. The lowest BCUT2D eigenvalue weighted by atomic mass is 10.1. The van der Waals surface area contributed by atoms with Crippen molar-refractivity contribution in [2.45, 2.75) is 13.8 Å². The van der Waals surface area contributed by atoms with Gasteiger partial charge in [-0.25, -0.2) is 0 Å². The first kappa shape index (κ1) is 19.2. The molecule has 6 heteroatoms. The zero-order valence-electron chi connectivity index (χ0n) is 14.4. The van der Waals surface area contributed by atoms with Crippen LogP contribution in [-0.2, 0) is 4.79 Å². The first-order valence-corrected chi connectivity index (χ1v) is 9.30. The SMILES string of the molecule is CCN(CC)C(=O)c1cccc(NCC(=O)Nc2ccc(I)cc2)c1. The van der Waals surface area contributed by atoms with E-state index in [-0.39, 0.29) is 18.4 Å². The number of carbonyl (C=O) groups excluding carboxylic acids is 2. The smallest absolute Gasteiger partial charge is 0.253 e. The van der Waals surface area contributed by atoms with E-state index in [1.807, 2.05) is 50.2 Å². The standard InChI is InChI=1S/C19H22IN3O2/c1-3-23(4-2)19(25)14-6-5-7-17(12-14)21-13-18(24)22-16-10-8-15(20)9-11-16/h5-12,21H,3-4,13H2,1-2H3,(H,22,24). The molecule has 0 aliphatic carbocycles. The van der Waals surface area contributed by atoms with Gasteiger partial charge >= 0.3 is 0 Å². The van der Waals surface area contributed by atoms with Gasteiger partial charge in [0, 0.05) is 33.6 Å². The van der Waals surface area contributed by atoms with E-state index in [9.17, 15) is 9.59 Å². The molecule has 2 aromatic rings. The van der Waals surface area contributed by atoms with Crippen LogP contribution in [0.15, 0.2) is 48.5 Å². The monoisotopic (exact) mass is 451 g/mol. The molecular weight excluding hydrogens is 429 g/mol. The van der Waals surface area contributed by atoms with Gasteiger partial charge in [0.2, 0.25) is 5.91 Å². The van der Waals surface area contributed by atoms with E-state index in [2.05, 4.69) is 33.2 Å². The van der Waals surface area contributed by atoms with Crippen molar-refractivity contribution < 1.29 is 9.59 Å². The van der Waals surface area contributed by atoms with Gasteiger partial charge in [0.1, 0.15) is 0 Å². The molecule has 0 fully saturated rings. The van der Waals surface area contributed by atoms with Crippen LogP contribution in [0.4, 0.5) is 11.4 Å². The van der Waals surface area contributed by atoms with Crippen LogP contribution in [0.1, 0.15) is 24.2 Å². The summed E-state index contributed by atoms with van der Waals surface area (Å²) in [6, 6.07) is 14.8. The Bertz CT molecular complexity index is 728. The van der Waals surface area contributed by atoms with Gasteiger partial charge in [0.05, 0.1) is 6.54 Å². The Labute approximate surface area is 161 Å². The number of nitrogens with zero attached hydrogens (tertiary/aromatic N) is 1. The summed E-state index contributed by atoms with van der Waals surface area (Å²) < 4.78 is 1.11. The van der Waals surface area contributed by atoms with Crippen LogP contribution in [0.3, 0.4) is 0 Å². The minimum atomic E-state index is -0.137. The summed E-state index contributed by atoms with van der Waals surface area (Å²) >= 11 is 2.22. The lowest BCUT2D eigenvalue weighted by Gasteiger charge is -2.19. The topological polar surface area (TPSA) is 61.4 Å². The number of rotatable bonds is 7. The van der Waals surface area contributed by atoms with Crippen LogP contribution in [0.5, 0.6) is 0 Å². The minimum Gasteiger partial charge on any atom is -0.376 e. The molecule has 2 rings (SSSR count). The van der Waals surface area contributed by atoms with Crippen molar-refractivity contribution in [1.82, 2.24) is 4.90 Å². The number of halogens is 1. The number of anilines is 2. The highest BCUT2D eigenvalue weighted by molar-refractivity contribution is 14.1. The molecule has 0 unspecified atom stereocenters. The summed E-state index contributed by atoms with van der Waals surface area (Å²) in [5.41, 5.74) is 2.13. The average molecular weight is 451 g/mol. The lowest BCUT2D eigenvalue weighted by molar-refractivity contribution is -0.114. The summed E-state index contributed by atoms with van der Waals surface area (Å²) in [7, 11) is 0. The van der Waals surface area contributed by atoms with Crippen LogP contribution in [0, 0.1) is 3.57 Å². The van der Waals surface area contributed by atoms with Gasteiger partial charge in [-0.05, 0) is 78.9 Å². The summed E-state index contributed by atoms with van der Waals surface area (Å²) in [6.45, 7) is 5.39. The van der Waals surface area contributed by atoms with Crippen LogP contribution in [0.25, 0.3) is 0 Å².